The van der Waals surface area contributed by atoms with Gasteiger partial charge in [0.25, 0.3) is 0 Å². The van der Waals surface area contributed by atoms with Gasteiger partial charge in [-0.25, -0.2) is 0 Å². The molecule has 0 unspecified atom stereocenters. The molecule has 0 spiro atoms. The van der Waals surface area contributed by atoms with Gasteiger partial charge in [-0.2, -0.15) is 5.10 Å². The second-order valence-corrected chi connectivity index (χ2v) is 6.37. The van der Waals surface area contributed by atoms with Gasteiger partial charge >= 0.3 is 0 Å². The van der Waals surface area contributed by atoms with Crippen molar-refractivity contribution in [2.45, 2.75) is 26.4 Å². The third kappa shape index (κ3) is 4.81. The molecule has 0 aliphatic rings. The van der Waals surface area contributed by atoms with E-state index < -0.39 is 0 Å². The molecule has 0 atom stereocenters. The topological polar surface area (TPSA) is 47.0 Å². The fourth-order valence-electron chi connectivity index (χ4n) is 1.50. The van der Waals surface area contributed by atoms with Crippen molar-refractivity contribution in [2.75, 3.05) is 0 Å². The Kier molecular flexibility index (Phi) is 5.81. The van der Waals surface area contributed by atoms with Crippen LogP contribution in [0.25, 0.3) is 0 Å². The molecule has 21 heavy (non-hydrogen) atoms. The maximum absolute atomic E-state index is 6.10. The van der Waals surface area contributed by atoms with Crippen LogP contribution in [-0.2, 0) is 6.54 Å². The zero-order chi connectivity index (χ0) is 15.4. The summed E-state index contributed by atoms with van der Waals surface area (Å²) in [5.41, 5.74) is 0.844. The Labute approximate surface area is 141 Å². The molecule has 0 radical (unpaired) electrons. The van der Waals surface area contributed by atoms with E-state index in [9.17, 15) is 0 Å². The fraction of sp³-hybridized carbons (Fsp3) is 0.286. The van der Waals surface area contributed by atoms with E-state index >= 15 is 0 Å². The normalized spacial score (nSPS) is 11.0. The lowest BCUT2D eigenvalue weighted by Gasteiger charge is -2.09. The first kappa shape index (κ1) is 16.5. The van der Waals surface area contributed by atoms with E-state index in [4.69, 9.17) is 27.9 Å². The maximum Gasteiger partial charge on any atom is 0.238 e. The third-order valence-electron chi connectivity index (χ3n) is 2.58. The van der Waals surface area contributed by atoms with Crippen molar-refractivity contribution in [3.63, 3.8) is 0 Å². The standard InChI is InChI=1S/C14H14BrCl2N3O/c1-8(2)18-7-9-3-4-14(20-19-9)21-13-6-11(16)10(15)5-12(13)17/h3-6,8,18H,7H2,1-2H3. The van der Waals surface area contributed by atoms with E-state index in [1.54, 1.807) is 18.2 Å². The maximum atomic E-state index is 6.10. The van der Waals surface area contributed by atoms with Crippen LogP contribution in [0.5, 0.6) is 11.6 Å². The molecule has 0 bridgehead atoms. The van der Waals surface area contributed by atoms with Crippen LogP contribution in [0, 0.1) is 0 Å². The first-order valence-corrected chi connectivity index (χ1v) is 7.89. The summed E-state index contributed by atoms with van der Waals surface area (Å²) in [6.07, 6.45) is 0. The predicted molar refractivity (Wildman–Crippen MR) is 88.2 cm³/mol. The number of hydrogen-bond donors (Lipinski definition) is 1. The van der Waals surface area contributed by atoms with Gasteiger partial charge < -0.3 is 10.1 Å². The van der Waals surface area contributed by atoms with Crippen LogP contribution in [0.2, 0.25) is 10.0 Å². The first-order valence-electron chi connectivity index (χ1n) is 6.34. The number of rotatable bonds is 5. The number of aromatic nitrogens is 2. The Morgan fingerprint density at radius 2 is 1.95 bits per heavy atom. The number of ether oxygens (including phenoxy) is 1. The molecule has 0 aliphatic heterocycles. The molecule has 0 amide bonds. The van der Waals surface area contributed by atoms with E-state index in [-0.39, 0.29) is 0 Å². The van der Waals surface area contributed by atoms with Crippen molar-refractivity contribution < 1.29 is 4.74 Å². The quantitative estimate of drug-likeness (QED) is 0.742. The van der Waals surface area contributed by atoms with E-state index in [1.807, 2.05) is 6.07 Å². The highest BCUT2D eigenvalue weighted by molar-refractivity contribution is 9.10. The minimum Gasteiger partial charge on any atom is -0.436 e. The molecule has 0 aliphatic carbocycles. The van der Waals surface area contributed by atoms with Gasteiger partial charge in [0.15, 0.2) is 0 Å². The van der Waals surface area contributed by atoms with Crippen molar-refractivity contribution >= 4 is 39.1 Å². The smallest absolute Gasteiger partial charge is 0.238 e. The van der Waals surface area contributed by atoms with Gasteiger partial charge in [-0.15, -0.1) is 5.10 Å². The van der Waals surface area contributed by atoms with Crippen LogP contribution in [0.4, 0.5) is 0 Å². The van der Waals surface area contributed by atoms with Gasteiger partial charge in [0.1, 0.15) is 5.75 Å². The summed E-state index contributed by atoms with van der Waals surface area (Å²) in [6.45, 7) is 4.81. The van der Waals surface area contributed by atoms with Crippen LogP contribution in [0.1, 0.15) is 19.5 Å². The number of hydrogen-bond acceptors (Lipinski definition) is 4. The molecule has 1 N–H and O–H groups in total. The molecular weight excluding hydrogens is 377 g/mol. The molecule has 1 aromatic heterocycles. The molecule has 0 saturated heterocycles. The number of nitrogens with zero attached hydrogens (tertiary/aromatic N) is 2. The molecule has 1 heterocycles. The largest absolute Gasteiger partial charge is 0.436 e. The number of nitrogens with one attached hydrogen (secondary N) is 1. The van der Waals surface area contributed by atoms with Crippen molar-refractivity contribution in [2.24, 2.45) is 0 Å². The van der Waals surface area contributed by atoms with Gasteiger partial charge in [0.05, 0.1) is 15.7 Å². The van der Waals surface area contributed by atoms with Gasteiger partial charge in [0.2, 0.25) is 5.88 Å². The van der Waals surface area contributed by atoms with E-state index in [0.29, 0.717) is 38.7 Å². The molecule has 4 nitrogen and oxygen atoms in total. The molecule has 2 aromatic rings. The lowest BCUT2D eigenvalue weighted by Crippen LogP contribution is -2.22. The summed E-state index contributed by atoms with van der Waals surface area (Å²) >= 11 is 15.4. The number of benzene rings is 1. The van der Waals surface area contributed by atoms with E-state index in [1.165, 1.54) is 0 Å². The minimum atomic E-state index is 0.364. The second-order valence-electron chi connectivity index (χ2n) is 4.70. The lowest BCUT2D eigenvalue weighted by molar-refractivity contribution is 0.452. The van der Waals surface area contributed by atoms with Crippen molar-refractivity contribution in [1.29, 1.82) is 0 Å². The fourth-order valence-corrected chi connectivity index (χ4v) is 2.33. The monoisotopic (exact) mass is 389 g/mol. The van der Waals surface area contributed by atoms with Crippen molar-refractivity contribution in [3.8, 4) is 11.6 Å². The van der Waals surface area contributed by atoms with Crippen LogP contribution >= 0.6 is 39.1 Å². The van der Waals surface area contributed by atoms with Crippen LogP contribution in [0.15, 0.2) is 28.7 Å². The highest BCUT2D eigenvalue weighted by Crippen LogP contribution is 2.35. The summed E-state index contributed by atoms with van der Waals surface area (Å²) in [5, 5.41) is 12.3. The number of halogens is 3. The molecule has 1 aromatic carbocycles. The van der Waals surface area contributed by atoms with Gasteiger partial charge in [0, 0.05) is 29.2 Å². The molecule has 2 rings (SSSR count). The molecule has 0 saturated carbocycles. The highest BCUT2D eigenvalue weighted by atomic mass is 79.9. The van der Waals surface area contributed by atoms with Gasteiger partial charge in [-0.1, -0.05) is 37.0 Å². The van der Waals surface area contributed by atoms with Crippen LogP contribution < -0.4 is 10.1 Å². The Morgan fingerprint density at radius 1 is 1.19 bits per heavy atom. The zero-order valence-electron chi connectivity index (χ0n) is 11.5. The van der Waals surface area contributed by atoms with Crippen molar-refractivity contribution in [3.05, 3.63) is 44.5 Å². The lowest BCUT2D eigenvalue weighted by atomic mass is 10.3. The summed E-state index contributed by atoms with van der Waals surface area (Å²) in [7, 11) is 0. The van der Waals surface area contributed by atoms with Crippen LogP contribution in [-0.4, -0.2) is 16.2 Å². The van der Waals surface area contributed by atoms with E-state index in [2.05, 4.69) is 45.3 Å². The molecule has 0 fully saturated rings. The third-order valence-corrected chi connectivity index (χ3v) is 4.07. The van der Waals surface area contributed by atoms with Gasteiger partial charge in [-0.3, -0.25) is 0 Å². The summed E-state index contributed by atoms with van der Waals surface area (Å²) in [6, 6.07) is 7.30. The predicted octanol–water partition coefficient (Wildman–Crippen LogP) is 4.84. The van der Waals surface area contributed by atoms with Crippen LogP contribution in [0.3, 0.4) is 0 Å². The Morgan fingerprint density at radius 3 is 2.57 bits per heavy atom. The Balaban J connectivity index is 2.08. The SMILES string of the molecule is CC(C)NCc1ccc(Oc2cc(Cl)c(Br)cc2Cl)nn1. The Bertz CT molecular complexity index is 620. The Hall–Kier alpha value is -0.880. The van der Waals surface area contributed by atoms with Crippen molar-refractivity contribution in [1.82, 2.24) is 15.5 Å². The molecule has 112 valence electrons. The van der Waals surface area contributed by atoms with E-state index in [0.717, 1.165) is 5.69 Å². The molecule has 7 heteroatoms. The highest BCUT2D eigenvalue weighted by Gasteiger charge is 2.09. The zero-order valence-corrected chi connectivity index (χ0v) is 14.6. The summed E-state index contributed by atoms with van der Waals surface area (Å²) in [4.78, 5) is 0. The minimum absolute atomic E-state index is 0.364. The first-order chi connectivity index (χ1) is 9.95. The average Bonchev–Trinajstić information content (AvgIpc) is 2.44. The second kappa shape index (κ2) is 7.40. The average molecular weight is 391 g/mol. The van der Waals surface area contributed by atoms with Gasteiger partial charge in [-0.05, 0) is 28.1 Å². The summed E-state index contributed by atoms with van der Waals surface area (Å²) < 4.78 is 6.31. The summed E-state index contributed by atoms with van der Waals surface area (Å²) in [5.74, 6) is 0.802. The molecular formula is C14H14BrCl2N3O.